The maximum atomic E-state index is 10.6. The van der Waals surface area contributed by atoms with Gasteiger partial charge < -0.3 is 60.4 Å². The summed E-state index contributed by atoms with van der Waals surface area (Å²) >= 11 is 0. The monoisotopic (exact) mass is 465 g/mol. The number of nitrogens with zero attached hydrogens (tertiary/aromatic N) is 1. The minimum atomic E-state index is -1.46. The Kier molecular flexibility index (Phi) is 22.9. The Morgan fingerprint density at radius 2 is 1.07 bits per heavy atom. The molecule has 154 valence electrons. The summed E-state index contributed by atoms with van der Waals surface area (Å²) in [6, 6.07) is 0. The Bertz CT molecular complexity index is 577. The van der Waals surface area contributed by atoms with E-state index in [1.54, 1.807) is 0 Å². The molecule has 0 aromatic carbocycles. The second-order valence-corrected chi connectivity index (χ2v) is 4.65. The van der Waals surface area contributed by atoms with Crippen LogP contribution in [-0.4, -0.2) is 80.2 Å². The molecular weight excluding hydrogens is 451 g/mol. The molecule has 30 heavy (non-hydrogen) atoms. The summed E-state index contributed by atoms with van der Waals surface area (Å²) in [5.41, 5.74) is 0. The van der Waals surface area contributed by atoms with Crippen molar-refractivity contribution in [3.63, 3.8) is 0 Å². The minimum absolute atomic E-state index is 0. The van der Waals surface area contributed by atoms with Crippen LogP contribution in [-0.2, 0) is 19.1 Å². The van der Waals surface area contributed by atoms with Gasteiger partial charge in [-0.3, -0.25) is 0 Å². The van der Waals surface area contributed by atoms with Gasteiger partial charge in [-0.25, -0.2) is 9.59 Å². The fourth-order valence-corrected chi connectivity index (χ4v) is 1.63. The third kappa shape index (κ3) is 10.4. The quantitative estimate of drug-likeness (QED) is 0.0974. The van der Waals surface area contributed by atoms with Gasteiger partial charge in [0.25, 0.3) is 0 Å². The first kappa shape index (κ1) is 37.2. The van der Waals surface area contributed by atoms with Crippen molar-refractivity contribution >= 4 is 11.9 Å². The molecule has 2 aliphatic heterocycles. The van der Waals surface area contributed by atoms with Crippen molar-refractivity contribution in [2.24, 2.45) is 5.34 Å². The topological polar surface area (TPSA) is 273 Å². The van der Waals surface area contributed by atoms with Crippen molar-refractivity contribution in [3.8, 4) is 0 Å². The Morgan fingerprint density at radius 1 is 0.833 bits per heavy atom. The van der Waals surface area contributed by atoms with Crippen LogP contribution in [0.5, 0.6) is 0 Å². The van der Waals surface area contributed by atoms with E-state index in [1.807, 2.05) is 0 Å². The van der Waals surface area contributed by atoms with E-state index in [-0.39, 0.29) is 88.7 Å². The Balaban J connectivity index is -0.000000183. The first-order chi connectivity index (χ1) is 12.6. The van der Waals surface area contributed by atoms with Gasteiger partial charge >= 0.3 is 101 Å². The second-order valence-electron chi connectivity index (χ2n) is 4.65. The van der Waals surface area contributed by atoms with Crippen LogP contribution in [0.1, 0.15) is 0 Å². The van der Waals surface area contributed by atoms with E-state index in [1.165, 1.54) is 0 Å². The van der Waals surface area contributed by atoms with E-state index in [9.17, 15) is 19.8 Å². The summed E-state index contributed by atoms with van der Waals surface area (Å²) in [4.78, 5) is 28.9. The zero-order chi connectivity index (χ0) is 21.3. The predicted molar refractivity (Wildman–Crippen MR) is 74.4 cm³/mol. The Morgan fingerprint density at radius 3 is 1.20 bits per heavy atom. The standard InChI is InChI=1S/2C6H8O6.HNO2.3Na/c2*7-1-2(8)5-3(9)4(10)6(11)12-5;2-1-3;;;/h2*2,5,7-10H,1H2;(H,2,3);;;/q;;;3*+1/p-3/t2*2-,5+;;;;/m00..../s1. The van der Waals surface area contributed by atoms with E-state index in [4.69, 9.17) is 40.8 Å². The summed E-state index contributed by atoms with van der Waals surface area (Å²) in [5.74, 6) is -6.50. The smallest absolute Gasteiger partial charge is 0.865 e. The van der Waals surface area contributed by atoms with Gasteiger partial charge in [0.1, 0.15) is 23.7 Å². The number of hydrogen-bond donors (Lipinski definition) is 6. The van der Waals surface area contributed by atoms with Gasteiger partial charge in [0.05, 0.1) is 13.2 Å². The van der Waals surface area contributed by atoms with Gasteiger partial charge in [0.15, 0.2) is 12.2 Å². The van der Waals surface area contributed by atoms with Gasteiger partial charge in [-0.15, -0.1) is 5.34 Å². The van der Waals surface area contributed by atoms with Crippen LogP contribution in [0.4, 0.5) is 0 Å². The predicted octanol–water partition coefficient (Wildman–Crippen LogP) is -13.9. The SMILES string of the molecule is O=C1O[C@H]([C@@H](O)CO)C(O)=C1[O-].O=C1O[C@H]([C@@H](O)CO)C(O)=C1[O-].O=N[O-].[Na+].[Na+].[Na+]. The number of rotatable bonds is 4. The number of esters is 2. The third-order valence-electron chi connectivity index (χ3n) is 2.92. The van der Waals surface area contributed by atoms with Crippen molar-refractivity contribution in [3.05, 3.63) is 33.2 Å². The molecule has 0 saturated carbocycles. The van der Waals surface area contributed by atoms with Crippen LogP contribution in [0.15, 0.2) is 28.4 Å². The van der Waals surface area contributed by atoms with Crippen LogP contribution < -0.4 is 98.9 Å². The van der Waals surface area contributed by atoms with Gasteiger partial charge in [-0.05, 0) is 0 Å². The first-order valence-corrected chi connectivity index (χ1v) is 6.72. The Labute approximate surface area is 234 Å². The van der Waals surface area contributed by atoms with E-state index in [2.05, 4.69) is 9.47 Å². The summed E-state index contributed by atoms with van der Waals surface area (Å²) < 4.78 is 8.51. The van der Waals surface area contributed by atoms with Crippen LogP contribution in [0.2, 0.25) is 0 Å². The largest absolute Gasteiger partial charge is 1.00 e. The van der Waals surface area contributed by atoms with E-state index >= 15 is 0 Å². The maximum absolute atomic E-state index is 10.6. The van der Waals surface area contributed by atoms with E-state index < -0.39 is 72.6 Å². The molecule has 0 saturated heterocycles. The molecule has 0 fully saturated rings. The zero-order valence-corrected chi connectivity index (χ0v) is 22.1. The minimum Gasteiger partial charge on any atom is -0.865 e. The normalized spacial score (nSPS) is 21.1. The van der Waals surface area contributed by atoms with Crippen LogP contribution in [0.3, 0.4) is 0 Å². The zero-order valence-electron chi connectivity index (χ0n) is 16.1. The number of aliphatic hydroxyl groups excluding tert-OH is 6. The number of aliphatic hydroxyl groups is 6. The summed E-state index contributed by atoms with van der Waals surface area (Å²) in [5, 5.41) is 82.5. The van der Waals surface area contributed by atoms with Gasteiger partial charge in [0, 0.05) is 11.5 Å². The molecule has 0 bridgehead atoms. The number of carbonyl (C=O) groups is 2. The van der Waals surface area contributed by atoms with Crippen molar-refractivity contribution in [2.75, 3.05) is 13.2 Å². The molecule has 0 spiro atoms. The van der Waals surface area contributed by atoms with Gasteiger partial charge in [-0.2, -0.15) is 0 Å². The second kappa shape index (κ2) is 18.4. The molecule has 2 aliphatic rings. The molecule has 0 aromatic heterocycles. The third-order valence-corrected chi connectivity index (χ3v) is 2.92. The molecular formula is C12H14NNa3O14. The fourth-order valence-electron chi connectivity index (χ4n) is 1.63. The molecule has 0 amide bonds. The van der Waals surface area contributed by atoms with Crippen molar-refractivity contribution < 1.29 is 149 Å². The number of cyclic esters (lactones) is 2. The molecule has 4 atom stereocenters. The summed E-state index contributed by atoms with van der Waals surface area (Å²) in [6.45, 7) is -1.40. The number of hydrogen-bond acceptors (Lipinski definition) is 15. The molecule has 0 aromatic rings. The Hall–Kier alpha value is -0.140. The molecule has 0 radical (unpaired) electrons. The number of carbonyl (C=O) groups excluding carboxylic acids is 2. The van der Waals surface area contributed by atoms with Crippen molar-refractivity contribution in [1.82, 2.24) is 0 Å². The average molecular weight is 465 g/mol. The molecule has 0 aliphatic carbocycles. The molecule has 2 heterocycles. The molecule has 6 N–H and O–H groups in total. The van der Waals surface area contributed by atoms with Crippen molar-refractivity contribution in [2.45, 2.75) is 24.4 Å². The molecule has 15 nitrogen and oxygen atoms in total. The molecule has 2 rings (SSSR count). The van der Waals surface area contributed by atoms with E-state index in [0.29, 0.717) is 0 Å². The van der Waals surface area contributed by atoms with Crippen LogP contribution >= 0.6 is 0 Å². The summed E-state index contributed by atoms with van der Waals surface area (Å²) in [7, 11) is 0. The fraction of sp³-hybridized carbons (Fsp3) is 0.500. The molecule has 18 heteroatoms. The first-order valence-electron chi connectivity index (χ1n) is 6.72. The van der Waals surface area contributed by atoms with Crippen molar-refractivity contribution in [1.29, 1.82) is 0 Å². The van der Waals surface area contributed by atoms with Crippen LogP contribution in [0, 0.1) is 10.1 Å². The van der Waals surface area contributed by atoms with Crippen LogP contribution in [0.25, 0.3) is 0 Å². The number of ether oxygens (including phenoxy) is 2. The maximum Gasteiger partial charge on any atom is 1.00 e. The average Bonchev–Trinajstić information content (AvgIpc) is 3.06. The summed E-state index contributed by atoms with van der Waals surface area (Å²) in [6.07, 6.45) is -5.76. The van der Waals surface area contributed by atoms with E-state index in [0.717, 1.165) is 5.34 Å². The van der Waals surface area contributed by atoms with Gasteiger partial charge in [-0.1, -0.05) is 0 Å². The van der Waals surface area contributed by atoms with Gasteiger partial charge in [0.2, 0.25) is 0 Å². The molecule has 0 unspecified atom stereocenters.